The third-order valence-corrected chi connectivity index (χ3v) is 6.75. The number of benzene rings is 2. The number of hydrogen-bond acceptors (Lipinski definition) is 6. The Morgan fingerprint density at radius 1 is 1.00 bits per heavy atom. The highest BCUT2D eigenvalue weighted by molar-refractivity contribution is 7.89. The van der Waals surface area contributed by atoms with E-state index >= 15 is 0 Å². The van der Waals surface area contributed by atoms with Crippen molar-refractivity contribution in [3.8, 4) is 5.75 Å². The molecule has 0 aliphatic heterocycles. The van der Waals surface area contributed by atoms with Crippen molar-refractivity contribution >= 4 is 26.0 Å². The van der Waals surface area contributed by atoms with Gasteiger partial charge in [0, 0.05) is 12.6 Å². The average molecular weight is 456 g/mol. The summed E-state index contributed by atoms with van der Waals surface area (Å²) in [6, 6.07) is 11.4. The van der Waals surface area contributed by atoms with Crippen molar-refractivity contribution in [1.29, 1.82) is 0 Å². The Morgan fingerprint density at radius 2 is 1.57 bits per heavy atom. The summed E-state index contributed by atoms with van der Waals surface area (Å²) in [6.45, 7) is 3.59. The molecule has 0 radical (unpaired) electrons. The van der Waals surface area contributed by atoms with E-state index in [2.05, 4.69) is 10.0 Å². The first-order chi connectivity index (χ1) is 14.0. The van der Waals surface area contributed by atoms with Crippen LogP contribution < -0.4 is 19.9 Å². The predicted molar refractivity (Wildman–Crippen MR) is 112 cm³/mol. The lowest BCUT2D eigenvalue weighted by molar-refractivity contribution is -0.123. The summed E-state index contributed by atoms with van der Waals surface area (Å²) in [5.41, 5.74) is 0.694. The molecule has 0 bridgehead atoms. The lowest BCUT2D eigenvalue weighted by Crippen LogP contribution is -2.32. The van der Waals surface area contributed by atoms with Crippen LogP contribution in [0.4, 0.5) is 0 Å². The minimum absolute atomic E-state index is 0.00859. The molecule has 0 saturated carbocycles. The number of rotatable bonds is 10. The Labute approximate surface area is 176 Å². The highest BCUT2D eigenvalue weighted by Crippen LogP contribution is 2.16. The normalized spacial score (nSPS) is 12.9. The van der Waals surface area contributed by atoms with E-state index in [0.717, 1.165) is 0 Å². The Balaban J connectivity index is 1.85. The van der Waals surface area contributed by atoms with Crippen molar-refractivity contribution in [3.05, 3.63) is 54.1 Å². The molecule has 0 unspecified atom stereocenters. The summed E-state index contributed by atoms with van der Waals surface area (Å²) in [4.78, 5) is 12.0. The molecule has 2 aromatic carbocycles. The van der Waals surface area contributed by atoms with Crippen LogP contribution in [0, 0.1) is 0 Å². The summed E-state index contributed by atoms with van der Waals surface area (Å²) < 4.78 is 54.8. The van der Waals surface area contributed by atoms with E-state index in [1.165, 1.54) is 36.4 Å². The molecule has 0 aliphatic rings. The van der Waals surface area contributed by atoms with Crippen LogP contribution in [0.5, 0.6) is 5.75 Å². The first-order valence-electron chi connectivity index (χ1n) is 9.15. The molecule has 11 heteroatoms. The third kappa shape index (κ3) is 7.10. The Morgan fingerprint density at radius 3 is 2.10 bits per heavy atom. The number of nitrogens with one attached hydrogen (secondary N) is 2. The third-order valence-electron chi connectivity index (χ3n) is 4.21. The maximum Gasteiger partial charge on any atom is 0.258 e. The van der Waals surface area contributed by atoms with Crippen molar-refractivity contribution in [2.45, 2.75) is 42.6 Å². The smallest absolute Gasteiger partial charge is 0.258 e. The number of amides is 1. The number of nitrogens with two attached hydrogens (primary N) is 1. The second-order valence-corrected chi connectivity index (χ2v) is 9.93. The fourth-order valence-electron chi connectivity index (χ4n) is 2.33. The van der Waals surface area contributed by atoms with Gasteiger partial charge in [-0.1, -0.05) is 19.1 Å². The maximum atomic E-state index is 12.2. The van der Waals surface area contributed by atoms with Crippen molar-refractivity contribution in [2.24, 2.45) is 5.14 Å². The molecule has 0 saturated heterocycles. The molecule has 0 aromatic heterocycles. The van der Waals surface area contributed by atoms with Crippen molar-refractivity contribution in [3.63, 3.8) is 0 Å². The topological polar surface area (TPSA) is 145 Å². The predicted octanol–water partition coefficient (Wildman–Crippen LogP) is 1.11. The summed E-state index contributed by atoms with van der Waals surface area (Å²) >= 11 is 0. The van der Waals surface area contributed by atoms with Crippen LogP contribution in [0.15, 0.2) is 58.3 Å². The minimum Gasteiger partial charge on any atom is -0.484 e. The zero-order chi connectivity index (χ0) is 22.4. The Hall–Kier alpha value is -2.47. The summed E-state index contributed by atoms with van der Waals surface area (Å²) in [5, 5.41) is 7.67. The molecule has 2 rings (SSSR count). The van der Waals surface area contributed by atoms with Gasteiger partial charge in [-0.2, -0.15) is 0 Å². The Bertz CT molecular complexity index is 1070. The molecular formula is C19H25N3O6S2. The zero-order valence-electron chi connectivity index (χ0n) is 16.7. The zero-order valence-corrected chi connectivity index (χ0v) is 18.3. The van der Waals surface area contributed by atoms with Crippen LogP contribution in [0.25, 0.3) is 0 Å². The van der Waals surface area contributed by atoms with Crippen molar-refractivity contribution in [1.82, 2.24) is 10.0 Å². The van der Waals surface area contributed by atoms with E-state index in [1.807, 2.05) is 6.92 Å². The highest BCUT2D eigenvalue weighted by atomic mass is 32.2. The first kappa shape index (κ1) is 23.8. The number of carbonyl (C=O) groups excluding carboxylic acids is 1. The van der Waals surface area contributed by atoms with E-state index in [4.69, 9.17) is 9.88 Å². The van der Waals surface area contributed by atoms with Crippen LogP contribution >= 0.6 is 0 Å². The van der Waals surface area contributed by atoms with Crippen LogP contribution in [-0.2, 0) is 31.4 Å². The fraction of sp³-hybridized carbons (Fsp3) is 0.316. The molecule has 2 aromatic rings. The summed E-state index contributed by atoms with van der Waals surface area (Å²) in [5.74, 6) is -0.0363. The summed E-state index contributed by atoms with van der Waals surface area (Å²) in [7, 11) is -7.36. The lowest BCUT2D eigenvalue weighted by atomic mass is 10.2. The van der Waals surface area contributed by atoms with Crippen molar-refractivity contribution < 1.29 is 26.4 Å². The van der Waals surface area contributed by atoms with Gasteiger partial charge in [-0.25, -0.2) is 26.7 Å². The summed E-state index contributed by atoms with van der Waals surface area (Å²) in [6.07, 6.45) is 0.672. The monoisotopic (exact) mass is 455 g/mol. The van der Waals surface area contributed by atoms with Gasteiger partial charge in [0.1, 0.15) is 5.75 Å². The fourth-order valence-corrected chi connectivity index (χ4v) is 4.17. The number of ether oxygens (including phenoxy) is 1. The van der Waals surface area contributed by atoms with Gasteiger partial charge >= 0.3 is 0 Å². The van der Waals surface area contributed by atoms with Crippen LogP contribution in [-0.4, -0.2) is 35.4 Å². The van der Waals surface area contributed by atoms with Crippen molar-refractivity contribution in [2.75, 3.05) is 6.61 Å². The molecule has 0 heterocycles. The van der Waals surface area contributed by atoms with E-state index in [-0.39, 0.29) is 34.9 Å². The molecule has 0 spiro atoms. The second kappa shape index (κ2) is 10.0. The molecule has 30 heavy (non-hydrogen) atoms. The largest absolute Gasteiger partial charge is 0.484 e. The first-order valence-corrected chi connectivity index (χ1v) is 12.2. The second-order valence-electron chi connectivity index (χ2n) is 6.66. The van der Waals surface area contributed by atoms with Crippen LogP contribution in [0.2, 0.25) is 0 Å². The van der Waals surface area contributed by atoms with Gasteiger partial charge in [0.25, 0.3) is 5.91 Å². The van der Waals surface area contributed by atoms with Gasteiger partial charge in [0.2, 0.25) is 20.0 Å². The lowest BCUT2D eigenvalue weighted by Gasteiger charge is -2.12. The maximum absolute atomic E-state index is 12.2. The number of sulfonamides is 2. The molecule has 0 fully saturated rings. The minimum atomic E-state index is -3.76. The van der Waals surface area contributed by atoms with E-state index in [0.29, 0.717) is 17.7 Å². The van der Waals surface area contributed by atoms with E-state index < -0.39 is 20.0 Å². The molecule has 164 valence electrons. The van der Waals surface area contributed by atoms with Crippen LogP contribution in [0.1, 0.15) is 25.8 Å². The quantitative estimate of drug-likeness (QED) is 0.489. The molecule has 0 aliphatic carbocycles. The number of hydrogen-bond donors (Lipinski definition) is 3. The molecule has 1 amide bonds. The molecule has 1 atom stereocenters. The Kier molecular flexibility index (Phi) is 7.96. The van der Waals surface area contributed by atoms with Gasteiger partial charge in [-0.3, -0.25) is 4.79 Å². The van der Waals surface area contributed by atoms with E-state index in [9.17, 15) is 21.6 Å². The van der Waals surface area contributed by atoms with E-state index in [1.54, 1.807) is 19.1 Å². The SMILES string of the molecule is CC[C@@H](C)NS(=O)(=O)c1ccc(OCC(=O)NCc2ccc(S(N)(=O)=O)cc2)cc1. The average Bonchev–Trinajstić information content (AvgIpc) is 2.70. The number of primary sulfonamides is 1. The molecule has 9 nitrogen and oxygen atoms in total. The number of carbonyl (C=O) groups is 1. The van der Waals surface area contributed by atoms with Gasteiger partial charge in [-0.15, -0.1) is 0 Å². The van der Waals surface area contributed by atoms with Gasteiger partial charge in [-0.05, 0) is 55.3 Å². The van der Waals surface area contributed by atoms with Gasteiger partial charge in [0.05, 0.1) is 9.79 Å². The molecular weight excluding hydrogens is 430 g/mol. The molecule has 4 N–H and O–H groups in total. The van der Waals surface area contributed by atoms with Gasteiger partial charge < -0.3 is 10.1 Å². The van der Waals surface area contributed by atoms with Crippen LogP contribution in [0.3, 0.4) is 0 Å². The highest BCUT2D eigenvalue weighted by Gasteiger charge is 2.16. The standard InChI is InChI=1S/C19H25N3O6S2/c1-3-14(2)22-30(26,27)18-10-6-16(7-11-18)28-13-19(23)21-12-15-4-8-17(9-5-15)29(20,24)25/h4-11,14,22H,3,12-13H2,1-2H3,(H,21,23)(H2,20,24,25)/t14-/m1/s1. The van der Waals surface area contributed by atoms with Gasteiger partial charge in [0.15, 0.2) is 6.61 Å².